The molecule has 0 radical (unpaired) electrons. The van der Waals surface area contributed by atoms with E-state index in [1.807, 2.05) is 4.68 Å². The van der Waals surface area contributed by atoms with Crippen LogP contribution >= 0.6 is 0 Å². The van der Waals surface area contributed by atoms with Crippen molar-refractivity contribution in [1.29, 1.82) is 0 Å². The molecule has 0 aliphatic carbocycles. The number of nitrogen functional groups attached to an aromatic ring is 1. The minimum atomic E-state index is -0.107. The number of benzene rings is 1. The van der Waals surface area contributed by atoms with Gasteiger partial charge in [-0.05, 0) is 30.0 Å². The quantitative estimate of drug-likeness (QED) is 0.353. The van der Waals surface area contributed by atoms with Crippen LogP contribution in [0.1, 0.15) is 53.9 Å². The van der Waals surface area contributed by atoms with Crippen LogP contribution in [0.25, 0.3) is 21.8 Å². The maximum Gasteiger partial charge on any atom is 0.152 e. The first kappa shape index (κ1) is 27.3. The molecule has 8 nitrogen and oxygen atoms in total. The third-order valence-corrected chi connectivity index (χ3v) is 7.27. The van der Waals surface area contributed by atoms with Gasteiger partial charge >= 0.3 is 0 Å². The number of rotatable bonds is 12. The van der Waals surface area contributed by atoms with Crippen LogP contribution in [-0.4, -0.2) is 71.9 Å². The van der Waals surface area contributed by atoms with Crippen LogP contribution in [0.3, 0.4) is 0 Å². The second kappa shape index (κ2) is 11.4. The number of aryl methyl sites for hydroxylation is 1. The Bertz CT molecular complexity index is 1210. The number of pyridine rings is 1. The number of carbonyl (C=O) groups is 1. The number of nitrogens with zero attached hydrogens (tertiary/aromatic N) is 5. The van der Waals surface area contributed by atoms with Crippen molar-refractivity contribution in [2.24, 2.45) is 10.8 Å². The first-order chi connectivity index (χ1) is 17.6. The third-order valence-electron chi connectivity index (χ3n) is 7.27. The highest BCUT2D eigenvalue weighted by Crippen LogP contribution is 2.31. The van der Waals surface area contributed by atoms with E-state index in [-0.39, 0.29) is 10.8 Å². The summed E-state index contributed by atoms with van der Waals surface area (Å²) in [6.07, 6.45) is 5.86. The number of anilines is 2. The van der Waals surface area contributed by atoms with Crippen molar-refractivity contribution in [3.8, 4) is 0 Å². The molecule has 3 aromatic rings. The fourth-order valence-electron chi connectivity index (χ4n) is 5.16. The van der Waals surface area contributed by atoms with Crippen LogP contribution in [-0.2, 0) is 16.1 Å². The fourth-order valence-corrected chi connectivity index (χ4v) is 5.16. The Labute approximate surface area is 221 Å². The first-order valence-corrected chi connectivity index (χ1v) is 13.7. The number of unbranched alkanes of at least 4 members (excludes halogenated alkanes) is 1. The Morgan fingerprint density at radius 1 is 1.05 bits per heavy atom. The number of hydrogen-bond donors (Lipinski definition) is 1. The molecule has 1 fully saturated rings. The van der Waals surface area contributed by atoms with E-state index >= 15 is 0 Å². The molecule has 1 aliphatic rings. The minimum Gasteiger partial charge on any atom is -0.382 e. The molecule has 1 aliphatic heterocycles. The van der Waals surface area contributed by atoms with E-state index < -0.39 is 0 Å². The second-order valence-corrected chi connectivity index (χ2v) is 12.2. The maximum atomic E-state index is 10.9. The molecular weight excluding hydrogens is 464 g/mol. The molecule has 0 atom stereocenters. The Hall–Kier alpha value is -2.71. The van der Waals surface area contributed by atoms with Crippen molar-refractivity contribution in [1.82, 2.24) is 19.7 Å². The Balaban J connectivity index is 1.39. The molecule has 8 heteroatoms. The molecule has 37 heavy (non-hydrogen) atoms. The summed E-state index contributed by atoms with van der Waals surface area (Å²) in [4.78, 5) is 20.5. The summed E-state index contributed by atoms with van der Waals surface area (Å²) >= 11 is 0. The van der Waals surface area contributed by atoms with Crippen molar-refractivity contribution in [2.75, 3.05) is 56.6 Å². The molecule has 0 spiro atoms. The monoisotopic (exact) mass is 508 g/mol. The first-order valence-electron chi connectivity index (χ1n) is 13.7. The molecule has 3 heterocycles. The molecule has 1 saturated heterocycles. The van der Waals surface area contributed by atoms with Crippen LogP contribution < -0.4 is 10.6 Å². The molecule has 2 aromatic heterocycles. The molecule has 1 aromatic carbocycles. The lowest BCUT2D eigenvalue weighted by Crippen LogP contribution is -2.49. The number of aromatic nitrogens is 3. The lowest BCUT2D eigenvalue weighted by molar-refractivity contribution is -0.110. The van der Waals surface area contributed by atoms with E-state index in [2.05, 4.69) is 73.8 Å². The normalized spacial score (nSPS) is 15.6. The standard InChI is InChI=1S/C29H44N6O2/c1-6-7-11-35-18-24-23-17-22(8-9-25(23)31-27(30)26(24)32-35)34-14-12-33(13-15-34)19-29(4,5)21-37-20-28(2,3)10-16-36/h8-9,16-18H,6-7,10-15,19-21H2,1-5H3,(H2,30,31). The van der Waals surface area contributed by atoms with Crippen molar-refractivity contribution >= 4 is 39.6 Å². The van der Waals surface area contributed by atoms with Crippen LogP contribution in [0.15, 0.2) is 24.4 Å². The van der Waals surface area contributed by atoms with Crippen LogP contribution in [0.5, 0.6) is 0 Å². The molecule has 0 unspecified atom stereocenters. The number of hydrogen-bond acceptors (Lipinski definition) is 7. The SMILES string of the molecule is CCCCn1cc2c(n1)c(N)nc1ccc(N3CCN(CC(C)(C)COCC(C)(C)CC=O)CC3)cc12. The van der Waals surface area contributed by atoms with Gasteiger partial charge in [-0.25, -0.2) is 4.98 Å². The van der Waals surface area contributed by atoms with E-state index in [0.717, 1.165) is 80.2 Å². The zero-order chi connectivity index (χ0) is 26.6. The number of fused-ring (bicyclic) bond motifs is 3. The third kappa shape index (κ3) is 6.79. The lowest BCUT2D eigenvalue weighted by atomic mass is 9.90. The molecule has 0 amide bonds. The predicted molar refractivity (Wildman–Crippen MR) is 152 cm³/mol. The van der Waals surface area contributed by atoms with Gasteiger partial charge < -0.3 is 20.2 Å². The molecule has 0 bridgehead atoms. The number of piperazine rings is 1. The molecular formula is C29H44N6O2. The topological polar surface area (TPSA) is 89.5 Å². The van der Waals surface area contributed by atoms with Gasteiger partial charge in [0.05, 0.1) is 18.7 Å². The summed E-state index contributed by atoms with van der Waals surface area (Å²) < 4.78 is 8.04. The summed E-state index contributed by atoms with van der Waals surface area (Å²) in [7, 11) is 0. The number of carbonyl (C=O) groups excluding carboxylic acids is 1. The highest BCUT2D eigenvalue weighted by molar-refractivity contribution is 6.08. The fraction of sp³-hybridized carbons (Fsp3) is 0.621. The zero-order valence-corrected chi connectivity index (χ0v) is 23.3. The zero-order valence-electron chi connectivity index (χ0n) is 23.3. The number of ether oxygens (including phenoxy) is 1. The highest BCUT2D eigenvalue weighted by atomic mass is 16.5. The van der Waals surface area contributed by atoms with Gasteiger partial charge in [-0.2, -0.15) is 5.10 Å². The second-order valence-electron chi connectivity index (χ2n) is 12.2. The largest absolute Gasteiger partial charge is 0.382 e. The maximum absolute atomic E-state index is 10.9. The smallest absolute Gasteiger partial charge is 0.152 e. The Kier molecular flexibility index (Phi) is 8.39. The van der Waals surface area contributed by atoms with Gasteiger partial charge in [0.15, 0.2) is 5.82 Å². The lowest BCUT2D eigenvalue weighted by Gasteiger charge is -2.40. The van der Waals surface area contributed by atoms with Crippen molar-refractivity contribution in [3.05, 3.63) is 24.4 Å². The van der Waals surface area contributed by atoms with Crippen LogP contribution in [0.2, 0.25) is 0 Å². The van der Waals surface area contributed by atoms with Crippen LogP contribution in [0, 0.1) is 10.8 Å². The summed E-state index contributed by atoms with van der Waals surface area (Å²) in [5.74, 6) is 0.498. The van der Waals surface area contributed by atoms with Gasteiger partial charge in [-0.15, -0.1) is 0 Å². The summed E-state index contributed by atoms with van der Waals surface area (Å²) in [6, 6.07) is 6.50. The Morgan fingerprint density at radius 3 is 2.49 bits per heavy atom. The molecule has 2 N–H and O–H groups in total. The van der Waals surface area contributed by atoms with Gasteiger partial charge in [0.2, 0.25) is 0 Å². The number of aldehydes is 1. The van der Waals surface area contributed by atoms with Crippen LogP contribution in [0.4, 0.5) is 11.5 Å². The summed E-state index contributed by atoms with van der Waals surface area (Å²) in [5, 5.41) is 6.91. The molecule has 0 saturated carbocycles. The average Bonchev–Trinajstić information content (AvgIpc) is 3.28. The summed E-state index contributed by atoms with van der Waals surface area (Å²) in [6.45, 7) is 18.1. The van der Waals surface area contributed by atoms with Gasteiger partial charge in [0, 0.05) is 73.8 Å². The molecule has 4 rings (SSSR count). The van der Waals surface area contributed by atoms with Gasteiger partial charge in [0.1, 0.15) is 11.8 Å². The highest BCUT2D eigenvalue weighted by Gasteiger charge is 2.27. The van der Waals surface area contributed by atoms with E-state index in [1.165, 1.54) is 5.69 Å². The molecule has 202 valence electrons. The van der Waals surface area contributed by atoms with Gasteiger partial charge in [-0.1, -0.05) is 41.0 Å². The van der Waals surface area contributed by atoms with E-state index in [4.69, 9.17) is 15.6 Å². The van der Waals surface area contributed by atoms with Crippen molar-refractivity contribution < 1.29 is 9.53 Å². The average molecular weight is 509 g/mol. The van der Waals surface area contributed by atoms with Gasteiger partial charge in [0.25, 0.3) is 0 Å². The van der Waals surface area contributed by atoms with E-state index in [1.54, 1.807) is 0 Å². The van der Waals surface area contributed by atoms with Gasteiger partial charge in [-0.3, -0.25) is 9.58 Å². The van der Waals surface area contributed by atoms with E-state index in [9.17, 15) is 4.79 Å². The van der Waals surface area contributed by atoms with Crippen molar-refractivity contribution in [2.45, 2.75) is 60.4 Å². The van der Waals surface area contributed by atoms with Crippen molar-refractivity contribution in [3.63, 3.8) is 0 Å². The predicted octanol–water partition coefficient (Wildman–Crippen LogP) is 4.75. The van der Waals surface area contributed by atoms with E-state index in [0.29, 0.717) is 25.5 Å². The summed E-state index contributed by atoms with van der Waals surface area (Å²) in [5.41, 5.74) is 9.13. The Morgan fingerprint density at radius 2 is 1.78 bits per heavy atom. The number of nitrogens with two attached hydrogens (primary N) is 1. The minimum absolute atomic E-state index is 0.0531.